The van der Waals surface area contributed by atoms with E-state index in [0.29, 0.717) is 71.0 Å². The highest BCUT2D eigenvalue weighted by Gasteiger charge is 2.35. The van der Waals surface area contributed by atoms with Gasteiger partial charge in [0.15, 0.2) is 34.5 Å². The number of pyridine rings is 3. The first kappa shape index (κ1) is 56.1. The third-order valence-corrected chi connectivity index (χ3v) is 12.3. The molecule has 0 aliphatic heterocycles. The second-order valence-corrected chi connectivity index (χ2v) is 17.6. The van der Waals surface area contributed by atoms with Crippen LogP contribution < -0.4 is 28.4 Å². The van der Waals surface area contributed by atoms with E-state index in [1.807, 2.05) is 93.6 Å². The summed E-state index contributed by atoms with van der Waals surface area (Å²) in [6.07, 6.45) is 12.3. The lowest BCUT2D eigenvalue weighted by atomic mass is 9.65. The van der Waals surface area contributed by atoms with Crippen LogP contribution in [0.3, 0.4) is 0 Å². The van der Waals surface area contributed by atoms with E-state index in [-0.39, 0.29) is 38.8 Å². The maximum absolute atomic E-state index is 11.7. The lowest BCUT2D eigenvalue weighted by Crippen LogP contribution is -2.39. The second kappa shape index (κ2) is 28.9. The van der Waals surface area contributed by atoms with Gasteiger partial charge in [0.1, 0.15) is 0 Å². The van der Waals surface area contributed by atoms with E-state index in [4.69, 9.17) is 37.6 Å². The Morgan fingerprint density at radius 3 is 1.01 bits per heavy atom. The number of hydrogen-bond acceptors (Lipinski definition) is 16. The fourth-order valence-electron chi connectivity index (χ4n) is 8.33. The Labute approximate surface area is 430 Å². The molecule has 16 nitrogen and oxygen atoms in total. The minimum absolute atomic E-state index is 0.0370. The number of aliphatic hydroxyl groups is 3. The summed E-state index contributed by atoms with van der Waals surface area (Å²) in [6, 6.07) is 22.5. The van der Waals surface area contributed by atoms with Crippen LogP contribution in [0.4, 0.5) is 0 Å². The molecule has 0 spiro atoms. The van der Waals surface area contributed by atoms with Crippen molar-refractivity contribution >= 4 is 21.4 Å². The fourth-order valence-corrected chi connectivity index (χ4v) is 8.33. The van der Waals surface area contributed by atoms with Crippen molar-refractivity contribution in [2.24, 2.45) is 0 Å². The van der Waals surface area contributed by atoms with Gasteiger partial charge in [0.25, 0.3) is 0 Å². The molecule has 0 fully saturated rings. The molecular weight excluding hydrogens is 931 g/mol. The van der Waals surface area contributed by atoms with Gasteiger partial charge >= 0.3 is 21.4 Å². The van der Waals surface area contributed by atoms with Crippen LogP contribution >= 0.6 is 0 Å². The van der Waals surface area contributed by atoms with Crippen molar-refractivity contribution in [1.29, 1.82) is 0 Å². The predicted molar refractivity (Wildman–Crippen MR) is 284 cm³/mol. The van der Waals surface area contributed by atoms with Crippen molar-refractivity contribution in [1.82, 2.24) is 15.0 Å². The summed E-state index contributed by atoms with van der Waals surface area (Å²) in [5.74, 6) is 1.64. The third kappa shape index (κ3) is 15.7. The average molecular weight is 1000 g/mol. The van der Waals surface area contributed by atoms with Crippen LogP contribution in [0.5, 0.6) is 34.5 Å². The number of methoxy groups -OCH3 is 3. The van der Waals surface area contributed by atoms with Gasteiger partial charge in [0.05, 0.1) is 41.2 Å². The van der Waals surface area contributed by atoms with Crippen LogP contribution in [0.1, 0.15) is 74.5 Å². The second-order valence-electron chi connectivity index (χ2n) is 17.6. The first-order valence-electron chi connectivity index (χ1n) is 24.9. The van der Waals surface area contributed by atoms with E-state index >= 15 is 0 Å². The van der Waals surface area contributed by atoms with Crippen molar-refractivity contribution in [3.63, 3.8) is 0 Å². The number of benzene rings is 3. The molecule has 0 unspecified atom stereocenters. The summed E-state index contributed by atoms with van der Waals surface area (Å²) in [5.41, 5.74) is 6.65. The minimum atomic E-state index is -1.53. The van der Waals surface area contributed by atoms with Gasteiger partial charge in [-0.3, -0.25) is 15.0 Å². The lowest BCUT2D eigenvalue weighted by Gasteiger charge is -2.25. The molecule has 6 aromatic rings. The summed E-state index contributed by atoms with van der Waals surface area (Å²) in [7, 11) is 0.393. The number of aliphatic hydroxyl groups excluding tert-OH is 3. The van der Waals surface area contributed by atoms with Gasteiger partial charge < -0.3 is 62.9 Å². The number of aromatic nitrogens is 3. The first-order chi connectivity index (χ1) is 35.6. The SMILES string of the molecule is CCCOc1cc(-c2cncc([C@@H](CO)CB(O)OB(C[C@H](CO)c3cncc(-c4ccc(OC)c(OCCC)c4)c3)OB(O)C[C@H](CO)c3cncc(-c4ccc(OC)c(OCCC)c4)c3)c2)ccc1OC. The van der Waals surface area contributed by atoms with Crippen LogP contribution in [0, 0.1) is 0 Å². The highest BCUT2D eigenvalue weighted by atomic mass is 16.6. The summed E-state index contributed by atoms with van der Waals surface area (Å²) < 4.78 is 46.9. The zero-order valence-corrected chi connectivity index (χ0v) is 42.7. The Morgan fingerprint density at radius 1 is 0.411 bits per heavy atom. The smallest absolute Gasteiger partial charge is 0.441 e. The monoisotopic (exact) mass is 1000 g/mol. The van der Waals surface area contributed by atoms with E-state index in [1.54, 1.807) is 58.5 Å². The summed E-state index contributed by atoms with van der Waals surface area (Å²) >= 11 is 0. The number of rotatable bonds is 31. The van der Waals surface area contributed by atoms with Crippen LogP contribution in [-0.2, 0) is 9.14 Å². The molecule has 3 aromatic carbocycles. The highest BCUT2D eigenvalue weighted by molar-refractivity contribution is 6.64. The highest BCUT2D eigenvalue weighted by Crippen LogP contribution is 2.38. The van der Waals surface area contributed by atoms with Gasteiger partial charge in [-0.15, -0.1) is 0 Å². The van der Waals surface area contributed by atoms with Gasteiger partial charge in [-0.25, -0.2) is 0 Å². The van der Waals surface area contributed by atoms with Crippen LogP contribution in [0.25, 0.3) is 33.4 Å². The molecule has 0 saturated heterocycles. The molecule has 5 N–H and O–H groups in total. The van der Waals surface area contributed by atoms with Gasteiger partial charge in [-0.2, -0.15) is 0 Å². The zero-order chi connectivity index (χ0) is 52.1. The van der Waals surface area contributed by atoms with Crippen molar-refractivity contribution in [3.8, 4) is 67.9 Å². The normalized spacial score (nSPS) is 12.4. The average Bonchev–Trinajstić information content (AvgIpc) is 3.43. The van der Waals surface area contributed by atoms with Crippen LogP contribution in [0.2, 0.25) is 19.0 Å². The van der Waals surface area contributed by atoms with Gasteiger partial charge in [0.2, 0.25) is 0 Å². The maximum atomic E-state index is 11.7. The molecule has 0 saturated carbocycles. The molecule has 0 aliphatic rings. The molecule has 0 bridgehead atoms. The van der Waals surface area contributed by atoms with Crippen molar-refractivity contribution < 1.29 is 62.9 Å². The molecule has 73 heavy (non-hydrogen) atoms. The topological polar surface area (TPSA) is 214 Å². The number of hydrogen-bond donors (Lipinski definition) is 5. The molecular formula is C54H68B3N3O13. The molecule has 3 atom stereocenters. The number of ether oxygens (including phenoxy) is 6. The molecule has 0 aliphatic carbocycles. The van der Waals surface area contributed by atoms with Crippen molar-refractivity contribution in [3.05, 3.63) is 127 Å². The molecule has 3 heterocycles. The molecule has 0 radical (unpaired) electrons. The number of nitrogens with zero attached hydrogens (tertiary/aromatic N) is 3. The molecule has 386 valence electrons. The Kier molecular flexibility index (Phi) is 22.2. The Hall–Kier alpha value is -6.18. The quantitative estimate of drug-likeness (QED) is 0.0259. The Balaban J connectivity index is 1.25. The van der Waals surface area contributed by atoms with Gasteiger partial charge in [-0.1, -0.05) is 39.0 Å². The van der Waals surface area contributed by atoms with Gasteiger partial charge in [-0.05, 0) is 126 Å². The van der Waals surface area contributed by atoms with E-state index in [1.165, 1.54) is 0 Å². The molecule has 3 aromatic heterocycles. The fraction of sp³-hybridized carbons (Fsp3) is 0.389. The third-order valence-electron chi connectivity index (χ3n) is 12.3. The van der Waals surface area contributed by atoms with Crippen LogP contribution in [0.15, 0.2) is 110 Å². The van der Waals surface area contributed by atoms with Crippen molar-refractivity contribution in [2.75, 3.05) is 61.0 Å². The lowest BCUT2D eigenvalue weighted by molar-refractivity contribution is 0.251. The Morgan fingerprint density at radius 2 is 0.726 bits per heavy atom. The standard InChI is InChI=1S/C54H68B3N3O13/c1-7-16-69-52-22-37(10-13-49(52)66-4)40-19-43(31-58-28-40)46(34-61)25-55(64)72-57(27-48(36-63)45-21-42(30-60-33-45)39-12-15-51(68-6)54(24-39)71-18-9-3)73-56(65)26-47(35-62)44-20-41(29-59-32-44)38-11-14-50(67-5)53(23-38)70-17-8-2/h10-15,19-24,28-33,46-48,61-65H,7-9,16-18,25-27,34-36H2,1-6H3/t46-,47-,48-/m1/s1. The van der Waals surface area contributed by atoms with E-state index < -0.39 is 39.1 Å². The van der Waals surface area contributed by atoms with E-state index in [0.717, 1.165) is 52.6 Å². The van der Waals surface area contributed by atoms with Crippen molar-refractivity contribution in [2.45, 2.75) is 76.7 Å². The summed E-state index contributed by atoms with van der Waals surface area (Å²) in [4.78, 5) is 13.5. The molecule has 0 amide bonds. The summed E-state index contributed by atoms with van der Waals surface area (Å²) in [6.45, 7) is 6.54. The summed E-state index contributed by atoms with van der Waals surface area (Å²) in [5, 5.41) is 55.7. The Bertz CT molecular complexity index is 2510. The maximum Gasteiger partial charge on any atom is 0.441 e. The first-order valence-corrected chi connectivity index (χ1v) is 24.9. The van der Waals surface area contributed by atoms with E-state index in [9.17, 15) is 25.4 Å². The zero-order valence-electron chi connectivity index (χ0n) is 42.7. The minimum Gasteiger partial charge on any atom is -0.493 e. The predicted octanol–water partition coefficient (Wildman–Crippen LogP) is 8.38. The largest absolute Gasteiger partial charge is 0.493 e. The van der Waals surface area contributed by atoms with E-state index in [2.05, 4.69) is 15.0 Å². The molecule has 19 heteroatoms. The van der Waals surface area contributed by atoms with Crippen LogP contribution in [-0.4, -0.2) is 123 Å². The van der Waals surface area contributed by atoms with Gasteiger partial charge in [0, 0.05) is 91.4 Å². The molecule has 6 rings (SSSR count).